The Balaban J connectivity index is 1.47. The number of nitrogens with one attached hydrogen (secondary N) is 1. The second kappa shape index (κ2) is 7.00. The number of hydrogen-bond acceptors (Lipinski definition) is 3. The topological polar surface area (TPSA) is 59.7 Å². The number of rotatable bonds is 4. The summed E-state index contributed by atoms with van der Waals surface area (Å²) in [5.41, 5.74) is 4.85. The van der Waals surface area contributed by atoms with Crippen molar-refractivity contribution in [3.05, 3.63) is 35.0 Å². The number of carbonyl (C=O) groups is 2. The quantitative estimate of drug-likeness (QED) is 0.895. The summed E-state index contributed by atoms with van der Waals surface area (Å²) < 4.78 is 0. The van der Waals surface area contributed by atoms with Crippen molar-refractivity contribution in [2.24, 2.45) is 5.92 Å². The monoisotopic (exact) mass is 368 g/mol. The lowest BCUT2D eigenvalue weighted by molar-refractivity contribution is -0.136. The van der Waals surface area contributed by atoms with E-state index < -0.39 is 0 Å². The molecule has 1 fully saturated rings. The van der Waals surface area contributed by atoms with Crippen molar-refractivity contribution in [3.63, 3.8) is 0 Å². The van der Waals surface area contributed by atoms with Crippen molar-refractivity contribution in [3.8, 4) is 0 Å². The largest absolute Gasteiger partial charge is 0.358 e. The maximum Gasteiger partial charge on any atom is 0.228 e. The molecule has 2 aliphatic heterocycles. The van der Waals surface area contributed by atoms with Gasteiger partial charge in [0, 0.05) is 67.7 Å². The van der Waals surface area contributed by atoms with E-state index >= 15 is 0 Å². The summed E-state index contributed by atoms with van der Waals surface area (Å²) in [6, 6.07) is 6.42. The Kier molecular flexibility index (Phi) is 4.68. The fourth-order valence-electron chi connectivity index (χ4n) is 4.25. The van der Waals surface area contributed by atoms with E-state index in [0.29, 0.717) is 26.1 Å². The smallest absolute Gasteiger partial charge is 0.228 e. The predicted octanol–water partition coefficient (Wildman–Crippen LogP) is 1.77. The maximum absolute atomic E-state index is 13.1. The first-order chi connectivity index (χ1) is 12.9. The molecular formula is C21H28N4O2. The van der Waals surface area contributed by atoms with Gasteiger partial charge in [0.25, 0.3) is 0 Å². The first-order valence-corrected chi connectivity index (χ1v) is 9.73. The minimum atomic E-state index is -0.201. The summed E-state index contributed by atoms with van der Waals surface area (Å²) in [5.74, 6) is 0.0344. The molecule has 0 bridgehead atoms. The molecule has 4 rings (SSSR count). The molecule has 1 atom stereocenters. The Morgan fingerprint density at radius 1 is 1.33 bits per heavy atom. The van der Waals surface area contributed by atoms with Gasteiger partial charge in [-0.25, -0.2) is 0 Å². The minimum absolute atomic E-state index is 0.107. The van der Waals surface area contributed by atoms with Gasteiger partial charge in [-0.1, -0.05) is 11.6 Å². The summed E-state index contributed by atoms with van der Waals surface area (Å²) >= 11 is 0. The first-order valence-electron chi connectivity index (χ1n) is 9.73. The minimum Gasteiger partial charge on any atom is -0.358 e. The molecule has 1 unspecified atom stereocenters. The molecule has 6 heteroatoms. The first kappa shape index (κ1) is 18.0. The Bertz CT molecular complexity index is 886. The number of hydrogen-bond donors (Lipinski definition) is 1. The molecule has 6 nitrogen and oxygen atoms in total. The van der Waals surface area contributed by atoms with Gasteiger partial charge in [-0.15, -0.1) is 0 Å². The van der Waals surface area contributed by atoms with Crippen LogP contribution in [0.15, 0.2) is 18.2 Å². The Morgan fingerprint density at radius 3 is 2.93 bits per heavy atom. The van der Waals surface area contributed by atoms with E-state index in [2.05, 4.69) is 35.0 Å². The van der Waals surface area contributed by atoms with Crippen LogP contribution in [-0.4, -0.2) is 71.8 Å². The lowest BCUT2D eigenvalue weighted by Gasteiger charge is -2.29. The Hall–Kier alpha value is -2.34. The Labute approximate surface area is 160 Å². The summed E-state index contributed by atoms with van der Waals surface area (Å²) in [6.45, 7) is 5.54. The highest BCUT2D eigenvalue weighted by atomic mass is 16.2. The normalized spacial score (nSPS) is 20.0. The number of carbonyl (C=O) groups excluding carboxylic acids is 2. The van der Waals surface area contributed by atoms with Crippen LogP contribution in [0.5, 0.6) is 0 Å². The van der Waals surface area contributed by atoms with Crippen molar-refractivity contribution in [2.45, 2.75) is 26.3 Å². The molecule has 2 amide bonds. The second-order valence-electron chi connectivity index (χ2n) is 8.19. The molecule has 1 N–H and O–H groups in total. The summed E-state index contributed by atoms with van der Waals surface area (Å²) in [7, 11) is 3.99. The molecule has 2 aromatic rings. The van der Waals surface area contributed by atoms with Crippen molar-refractivity contribution < 1.29 is 9.59 Å². The van der Waals surface area contributed by atoms with Gasteiger partial charge in [-0.3, -0.25) is 9.59 Å². The molecule has 0 spiro atoms. The van der Waals surface area contributed by atoms with E-state index in [-0.39, 0.29) is 17.7 Å². The van der Waals surface area contributed by atoms with Crippen LogP contribution in [0.2, 0.25) is 0 Å². The second-order valence-corrected chi connectivity index (χ2v) is 8.19. The zero-order chi connectivity index (χ0) is 19.1. The summed E-state index contributed by atoms with van der Waals surface area (Å²) in [5, 5.41) is 1.22. The number of likely N-dealkylation sites (tertiary alicyclic amines) is 1. The van der Waals surface area contributed by atoms with Gasteiger partial charge < -0.3 is 19.7 Å². The van der Waals surface area contributed by atoms with Crippen molar-refractivity contribution >= 4 is 22.7 Å². The number of fused-ring (bicyclic) bond motifs is 3. The fraction of sp³-hybridized carbons (Fsp3) is 0.524. The van der Waals surface area contributed by atoms with Gasteiger partial charge in [0.15, 0.2) is 0 Å². The molecule has 27 heavy (non-hydrogen) atoms. The number of H-pyrrole nitrogens is 1. The van der Waals surface area contributed by atoms with Gasteiger partial charge >= 0.3 is 0 Å². The van der Waals surface area contributed by atoms with Crippen LogP contribution >= 0.6 is 0 Å². The summed E-state index contributed by atoms with van der Waals surface area (Å²) in [6.07, 6.45) is 1.20. The van der Waals surface area contributed by atoms with Crippen LogP contribution in [0.25, 0.3) is 10.9 Å². The van der Waals surface area contributed by atoms with Crippen LogP contribution in [-0.2, 0) is 22.6 Å². The number of amides is 2. The zero-order valence-corrected chi connectivity index (χ0v) is 16.4. The third kappa shape index (κ3) is 3.46. The number of aromatic amines is 1. The molecule has 3 heterocycles. The number of aromatic nitrogens is 1. The van der Waals surface area contributed by atoms with E-state index in [4.69, 9.17) is 0 Å². The molecule has 1 aromatic carbocycles. The third-order valence-corrected chi connectivity index (χ3v) is 5.82. The maximum atomic E-state index is 13.1. The summed E-state index contributed by atoms with van der Waals surface area (Å²) in [4.78, 5) is 34.7. The van der Waals surface area contributed by atoms with Crippen molar-refractivity contribution in [1.29, 1.82) is 0 Å². The highest BCUT2D eigenvalue weighted by molar-refractivity contribution is 5.90. The zero-order valence-electron chi connectivity index (χ0n) is 16.4. The van der Waals surface area contributed by atoms with Crippen LogP contribution < -0.4 is 0 Å². The number of aryl methyl sites for hydroxylation is 1. The van der Waals surface area contributed by atoms with Gasteiger partial charge in [-0.05, 0) is 33.2 Å². The van der Waals surface area contributed by atoms with Crippen LogP contribution in [0.1, 0.15) is 23.2 Å². The standard InChI is InChI=1S/C21H28N4O2/c1-14-4-5-18-16(10-14)17-13-25(7-6-19(17)22-18)21(27)15-11-20(26)24(12-15)9-8-23(2)3/h4-5,10,15,22H,6-9,11-13H2,1-3H3. The van der Waals surface area contributed by atoms with Crippen LogP contribution in [0.3, 0.4) is 0 Å². The average molecular weight is 368 g/mol. The highest BCUT2D eigenvalue weighted by Gasteiger charge is 2.37. The van der Waals surface area contributed by atoms with E-state index in [1.807, 2.05) is 23.9 Å². The number of nitrogens with zero attached hydrogens (tertiary/aromatic N) is 3. The van der Waals surface area contributed by atoms with E-state index in [1.165, 1.54) is 22.2 Å². The van der Waals surface area contributed by atoms with Gasteiger partial charge in [0.2, 0.25) is 11.8 Å². The van der Waals surface area contributed by atoms with Gasteiger partial charge in [-0.2, -0.15) is 0 Å². The molecule has 0 radical (unpaired) electrons. The molecule has 0 aliphatic carbocycles. The van der Waals surface area contributed by atoms with Crippen LogP contribution in [0.4, 0.5) is 0 Å². The Morgan fingerprint density at radius 2 is 2.15 bits per heavy atom. The number of benzene rings is 1. The molecule has 1 saturated heterocycles. The molecular weight excluding hydrogens is 340 g/mol. The van der Waals surface area contributed by atoms with E-state index in [1.54, 1.807) is 0 Å². The molecule has 1 aromatic heterocycles. The average Bonchev–Trinajstić information content (AvgIpc) is 3.19. The lowest BCUT2D eigenvalue weighted by Crippen LogP contribution is -2.41. The molecule has 0 saturated carbocycles. The molecule has 2 aliphatic rings. The molecule has 144 valence electrons. The highest BCUT2D eigenvalue weighted by Crippen LogP contribution is 2.30. The predicted molar refractivity (Wildman–Crippen MR) is 105 cm³/mol. The van der Waals surface area contributed by atoms with Crippen molar-refractivity contribution in [2.75, 3.05) is 40.3 Å². The van der Waals surface area contributed by atoms with Crippen LogP contribution in [0, 0.1) is 12.8 Å². The SMILES string of the molecule is Cc1ccc2[nH]c3c(c2c1)CN(C(=O)C1CC(=O)N(CCN(C)C)C1)CC3. The fourth-order valence-corrected chi connectivity index (χ4v) is 4.25. The van der Waals surface area contributed by atoms with Gasteiger partial charge in [0.1, 0.15) is 0 Å². The third-order valence-electron chi connectivity index (χ3n) is 5.82. The lowest BCUT2D eigenvalue weighted by atomic mass is 10.0. The van der Waals surface area contributed by atoms with Crippen molar-refractivity contribution in [1.82, 2.24) is 19.7 Å². The van der Waals surface area contributed by atoms with Gasteiger partial charge in [0.05, 0.1) is 5.92 Å². The van der Waals surface area contributed by atoms with E-state index in [9.17, 15) is 9.59 Å². The number of likely N-dealkylation sites (N-methyl/N-ethyl adjacent to an activating group) is 1. The van der Waals surface area contributed by atoms with E-state index in [0.717, 1.165) is 25.0 Å².